The van der Waals surface area contributed by atoms with Gasteiger partial charge < -0.3 is 10.2 Å². The molecule has 0 radical (unpaired) electrons. The molecule has 6 nitrogen and oxygen atoms in total. The van der Waals surface area contributed by atoms with Gasteiger partial charge in [0.05, 0.1) is 0 Å². The van der Waals surface area contributed by atoms with Crippen molar-refractivity contribution < 1.29 is 19.2 Å². The molecular weight excluding hydrogens is 313 g/mol. The zero-order valence-corrected chi connectivity index (χ0v) is 12.7. The van der Waals surface area contributed by atoms with Gasteiger partial charge >= 0.3 is 0 Å². The summed E-state index contributed by atoms with van der Waals surface area (Å²) in [6.07, 6.45) is 0.591. The number of nitrogens with zero attached hydrogens (tertiary/aromatic N) is 1. The highest BCUT2D eigenvalue weighted by atomic mass is 19.1. The molecule has 0 saturated carbocycles. The molecule has 1 heterocycles. The Kier molecular flexibility index (Phi) is 4.43. The first-order valence-corrected chi connectivity index (χ1v) is 7.47. The van der Waals surface area contributed by atoms with Crippen molar-refractivity contribution in [3.05, 3.63) is 59.9 Å². The SMILES string of the molecule is O=C(NO)c1ccc(N(c2cccc(F)c2)C2CCNC2=O)cc1. The number of benzene rings is 2. The minimum absolute atomic E-state index is 0.128. The van der Waals surface area contributed by atoms with E-state index < -0.39 is 17.8 Å². The van der Waals surface area contributed by atoms with Crippen LogP contribution in [0, 0.1) is 5.82 Å². The summed E-state index contributed by atoms with van der Waals surface area (Å²) in [5, 5.41) is 11.4. The number of amides is 2. The second-order valence-electron chi connectivity index (χ2n) is 5.43. The Bertz CT molecular complexity index is 764. The van der Waals surface area contributed by atoms with Crippen LogP contribution in [0.5, 0.6) is 0 Å². The van der Waals surface area contributed by atoms with Gasteiger partial charge in [0.2, 0.25) is 5.91 Å². The molecule has 7 heteroatoms. The predicted octanol–water partition coefficient (Wildman–Crippen LogP) is 1.97. The van der Waals surface area contributed by atoms with E-state index in [0.29, 0.717) is 24.3 Å². The first kappa shape index (κ1) is 15.9. The zero-order chi connectivity index (χ0) is 17.1. The summed E-state index contributed by atoms with van der Waals surface area (Å²) in [5.74, 6) is -1.15. The molecule has 1 saturated heterocycles. The summed E-state index contributed by atoms with van der Waals surface area (Å²) in [6.45, 7) is 0.556. The van der Waals surface area contributed by atoms with Gasteiger partial charge in [-0.3, -0.25) is 14.8 Å². The Labute approximate surface area is 137 Å². The van der Waals surface area contributed by atoms with Crippen molar-refractivity contribution in [2.45, 2.75) is 12.5 Å². The molecule has 1 atom stereocenters. The predicted molar refractivity (Wildman–Crippen MR) is 85.6 cm³/mol. The number of anilines is 2. The Balaban J connectivity index is 2.01. The fourth-order valence-corrected chi connectivity index (χ4v) is 2.80. The molecule has 2 aromatic rings. The first-order valence-electron chi connectivity index (χ1n) is 7.47. The molecule has 0 aromatic heterocycles. The van der Waals surface area contributed by atoms with Crippen molar-refractivity contribution in [2.75, 3.05) is 11.4 Å². The van der Waals surface area contributed by atoms with Crippen LogP contribution >= 0.6 is 0 Å². The highest BCUT2D eigenvalue weighted by Gasteiger charge is 2.31. The average molecular weight is 329 g/mol. The lowest BCUT2D eigenvalue weighted by molar-refractivity contribution is -0.120. The van der Waals surface area contributed by atoms with Crippen LogP contribution in [0.3, 0.4) is 0 Å². The van der Waals surface area contributed by atoms with Crippen LogP contribution in [0.2, 0.25) is 0 Å². The minimum atomic E-state index is -0.627. The fourth-order valence-electron chi connectivity index (χ4n) is 2.80. The minimum Gasteiger partial charge on any atom is -0.354 e. The van der Waals surface area contributed by atoms with Crippen LogP contribution in [-0.2, 0) is 4.79 Å². The molecule has 3 N–H and O–H groups in total. The molecule has 1 aliphatic rings. The van der Waals surface area contributed by atoms with Crippen LogP contribution in [0.15, 0.2) is 48.5 Å². The number of carbonyl (C=O) groups is 2. The molecule has 0 spiro atoms. The summed E-state index contributed by atoms with van der Waals surface area (Å²) >= 11 is 0. The number of halogens is 1. The zero-order valence-electron chi connectivity index (χ0n) is 12.7. The molecule has 24 heavy (non-hydrogen) atoms. The van der Waals surface area contributed by atoms with Crippen molar-refractivity contribution >= 4 is 23.2 Å². The lowest BCUT2D eigenvalue weighted by atomic mass is 10.1. The lowest BCUT2D eigenvalue weighted by Crippen LogP contribution is -2.37. The van der Waals surface area contributed by atoms with Gasteiger partial charge in [0.25, 0.3) is 5.91 Å². The van der Waals surface area contributed by atoms with Gasteiger partial charge in [0.1, 0.15) is 11.9 Å². The number of hydrogen-bond acceptors (Lipinski definition) is 4. The summed E-state index contributed by atoms with van der Waals surface area (Å²) < 4.78 is 13.6. The molecule has 0 bridgehead atoms. The molecule has 1 aliphatic heterocycles. The van der Waals surface area contributed by atoms with E-state index >= 15 is 0 Å². The Morgan fingerprint density at radius 2 is 1.96 bits per heavy atom. The van der Waals surface area contributed by atoms with E-state index in [1.54, 1.807) is 34.6 Å². The van der Waals surface area contributed by atoms with Crippen LogP contribution in [0.4, 0.5) is 15.8 Å². The second-order valence-corrected chi connectivity index (χ2v) is 5.43. The van der Waals surface area contributed by atoms with Crippen molar-refractivity contribution in [1.82, 2.24) is 10.8 Å². The average Bonchev–Trinajstić information content (AvgIpc) is 3.01. The second kappa shape index (κ2) is 6.67. The number of rotatable bonds is 4. The smallest absolute Gasteiger partial charge is 0.274 e. The molecule has 0 aliphatic carbocycles. The van der Waals surface area contributed by atoms with Crippen LogP contribution in [0.1, 0.15) is 16.8 Å². The molecule has 124 valence electrons. The van der Waals surface area contributed by atoms with Gasteiger partial charge in [-0.25, -0.2) is 9.87 Å². The van der Waals surface area contributed by atoms with E-state index in [9.17, 15) is 14.0 Å². The Hall–Kier alpha value is -2.93. The highest BCUT2D eigenvalue weighted by Crippen LogP contribution is 2.31. The normalized spacial score (nSPS) is 16.6. The van der Waals surface area contributed by atoms with Gasteiger partial charge in [-0.05, 0) is 48.9 Å². The van der Waals surface area contributed by atoms with Crippen molar-refractivity contribution in [2.24, 2.45) is 0 Å². The van der Waals surface area contributed by atoms with Gasteiger partial charge in [0.15, 0.2) is 0 Å². The van der Waals surface area contributed by atoms with Gasteiger partial charge in [-0.2, -0.15) is 0 Å². The maximum absolute atomic E-state index is 13.6. The summed E-state index contributed by atoms with van der Waals surface area (Å²) in [4.78, 5) is 25.3. The molecule has 3 rings (SSSR count). The van der Waals surface area contributed by atoms with E-state index in [1.165, 1.54) is 24.3 Å². The topological polar surface area (TPSA) is 81.7 Å². The molecule has 2 aromatic carbocycles. The summed E-state index contributed by atoms with van der Waals surface area (Å²) in [6, 6.07) is 11.9. The van der Waals surface area contributed by atoms with Gasteiger partial charge in [0, 0.05) is 23.5 Å². The largest absolute Gasteiger partial charge is 0.354 e. The Morgan fingerprint density at radius 3 is 2.54 bits per heavy atom. The van der Waals surface area contributed by atoms with E-state index in [0.717, 1.165) is 0 Å². The first-order chi connectivity index (χ1) is 11.6. The highest BCUT2D eigenvalue weighted by molar-refractivity contribution is 5.94. The number of nitrogens with one attached hydrogen (secondary N) is 2. The third kappa shape index (κ3) is 3.07. The third-order valence-electron chi connectivity index (χ3n) is 3.93. The third-order valence-corrected chi connectivity index (χ3v) is 3.93. The maximum Gasteiger partial charge on any atom is 0.274 e. The maximum atomic E-state index is 13.6. The number of hydrogen-bond donors (Lipinski definition) is 3. The van der Waals surface area contributed by atoms with E-state index in [2.05, 4.69) is 5.32 Å². The van der Waals surface area contributed by atoms with Crippen molar-refractivity contribution in [3.63, 3.8) is 0 Å². The van der Waals surface area contributed by atoms with Gasteiger partial charge in [-0.1, -0.05) is 6.07 Å². The van der Waals surface area contributed by atoms with E-state index in [1.807, 2.05) is 0 Å². The molecule has 2 amide bonds. The van der Waals surface area contributed by atoms with Crippen molar-refractivity contribution in [1.29, 1.82) is 0 Å². The lowest BCUT2D eigenvalue weighted by Gasteiger charge is -2.29. The Morgan fingerprint density at radius 1 is 1.21 bits per heavy atom. The van der Waals surface area contributed by atoms with Crippen LogP contribution in [-0.4, -0.2) is 29.6 Å². The molecular formula is C17H16FN3O3. The van der Waals surface area contributed by atoms with Crippen LogP contribution < -0.4 is 15.7 Å². The summed E-state index contributed by atoms with van der Waals surface area (Å²) in [5.41, 5.74) is 3.04. The number of hydroxylamine groups is 1. The van der Waals surface area contributed by atoms with Gasteiger partial charge in [-0.15, -0.1) is 0 Å². The van der Waals surface area contributed by atoms with Crippen LogP contribution in [0.25, 0.3) is 0 Å². The van der Waals surface area contributed by atoms with E-state index in [4.69, 9.17) is 5.21 Å². The molecule has 1 fully saturated rings. The fraction of sp³-hybridized carbons (Fsp3) is 0.176. The van der Waals surface area contributed by atoms with E-state index in [-0.39, 0.29) is 11.5 Å². The monoisotopic (exact) mass is 329 g/mol. The summed E-state index contributed by atoms with van der Waals surface area (Å²) in [7, 11) is 0. The number of carbonyl (C=O) groups excluding carboxylic acids is 2. The standard InChI is InChI=1S/C17H16FN3O3/c18-12-2-1-3-14(10-12)21(15-8-9-19-17(15)23)13-6-4-11(5-7-13)16(22)20-24/h1-7,10,15,24H,8-9H2,(H,19,23)(H,20,22). The molecule has 1 unspecified atom stereocenters. The van der Waals surface area contributed by atoms with Crippen molar-refractivity contribution in [3.8, 4) is 0 Å². The quantitative estimate of drug-likeness (QED) is 0.592.